The molecule has 1 N–H and O–H groups in total. The maximum atomic E-state index is 12.9. The van der Waals surface area contributed by atoms with Crippen molar-refractivity contribution in [2.75, 3.05) is 31.7 Å². The number of fused-ring (bicyclic) bond motifs is 3. The molecule has 37 heavy (non-hydrogen) atoms. The van der Waals surface area contributed by atoms with Gasteiger partial charge in [0.25, 0.3) is 10.0 Å². The predicted molar refractivity (Wildman–Crippen MR) is 146 cm³/mol. The topological polar surface area (TPSA) is 84.9 Å². The number of halogens is 1. The van der Waals surface area contributed by atoms with Crippen LogP contribution in [-0.4, -0.2) is 47.2 Å². The molecule has 202 valence electrons. The molecule has 1 aliphatic heterocycles. The highest BCUT2D eigenvalue weighted by molar-refractivity contribution is 7.90. The third-order valence-corrected chi connectivity index (χ3v) is 9.39. The van der Waals surface area contributed by atoms with Crippen LogP contribution in [0.2, 0.25) is 5.02 Å². The van der Waals surface area contributed by atoms with Crippen LogP contribution in [0.1, 0.15) is 57.6 Å². The van der Waals surface area contributed by atoms with Gasteiger partial charge in [0.1, 0.15) is 5.75 Å². The van der Waals surface area contributed by atoms with Gasteiger partial charge in [0.2, 0.25) is 5.91 Å². The summed E-state index contributed by atoms with van der Waals surface area (Å²) in [5, 5.41) is 0.734. The van der Waals surface area contributed by atoms with E-state index < -0.39 is 15.9 Å². The van der Waals surface area contributed by atoms with Crippen LogP contribution in [0.25, 0.3) is 0 Å². The molecule has 0 fully saturated rings. The quantitative estimate of drug-likeness (QED) is 0.494. The first-order chi connectivity index (χ1) is 17.6. The number of carbonyl (C=O) groups excluding carboxylic acids is 1. The molecule has 7 nitrogen and oxygen atoms in total. The van der Waals surface area contributed by atoms with E-state index in [0.29, 0.717) is 24.8 Å². The maximum Gasteiger partial charge on any atom is 0.264 e. The number of ether oxygens (including phenoxy) is 2. The zero-order valence-electron chi connectivity index (χ0n) is 22.1. The Hall–Kier alpha value is -2.29. The zero-order valence-corrected chi connectivity index (χ0v) is 23.6. The van der Waals surface area contributed by atoms with Crippen molar-refractivity contribution >= 4 is 33.2 Å². The smallest absolute Gasteiger partial charge is 0.264 e. The largest absolute Gasteiger partial charge is 0.490 e. The minimum Gasteiger partial charge on any atom is -0.490 e. The van der Waals surface area contributed by atoms with Crippen molar-refractivity contribution < 1.29 is 22.7 Å². The standard InChI is InChI=1S/C28H37ClN2O5S/c1-5-21(13-19(2)35-4)16-31-17-28(12-6-7-22-14-23(29)8-10-25(22)28)18-36-27-11-9-24(15-26(27)31)37(33,34)30-20(3)32/h8-11,14-15,19,21H,5-7,12-13,16-18H2,1-4H3,(H,30,32)/t19-,21?,28?/m1/s1. The average molecular weight is 549 g/mol. The van der Waals surface area contributed by atoms with E-state index in [4.69, 9.17) is 21.1 Å². The van der Waals surface area contributed by atoms with E-state index in [2.05, 4.69) is 35.6 Å². The van der Waals surface area contributed by atoms with E-state index in [1.54, 1.807) is 19.2 Å². The molecular weight excluding hydrogens is 512 g/mol. The van der Waals surface area contributed by atoms with Crippen LogP contribution in [0.4, 0.5) is 5.69 Å². The van der Waals surface area contributed by atoms with E-state index in [1.165, 1.54) is 24.1 Å². The second-order valence-electron chi connectivity index (χ2n) is 10.5. The van der Waals surface area contributed by atoms with Gasteiger partial charge in [-0.25, -0.2) is 13.1 Å². The van der Waals surface area contributed by atoms with Gasteiger partial charge in [-0.1, -0.05) is 31.0 Å². The summed E-state index contributed by atoms with van der Waals surface area (Å²) in [6.45, 7) is 7.35. The second-order valence-corrected chi connectivity index (χ2v) is 12.6. The minimum absolute atomic E-state index is 0.0418. The summed E-state index contributed by atoms with van der Waals surface area (Å²) in [5.41, 5.74) is 2.99. The maximum absolute atomic E-state index is 12.9. The Kier molecular flexibility index (Phi) is 8.41. The van der Waals surface area contributed by atoms with Crippen molar-refractivity contribution in [2.24, 2.45) is 5.92 Å². The molecule has 0 saturated carbocycles. The van der Waals surface area contributed by atoms with E-state index in [-0.39, 0.29) is 16.4 Å². The highest BCUT2D eigenvalue weighted by Crippen LogP contribution is 2.45. The minimum atomic E-state index is -3.99. The molecule has 2 aliphatic rings. The van der Waals surface area contributed by atoms with Crippen LogP contribution >= 0.6 is 11.6 Å². The molecule has 9 heteroatoms. The molecule has 1 amide bonds. The SMILES string of the molecule is CCC(C[C@@H](C)OC)CN1CC2(CCCc3cc(Cl)ccc32)COc2ccc(S(=O)(=O)NC(C)=O)cc21. The van der Waals surface area contributed by atoms with Gasteiger partial charge in [0, 0.05) is 37.6 Å². The Morgan fingerprint density at radius 2 is 2.05 bits per heavy atom. The number of methoxy groups -OCH3 is 1. The third-order valence-electron chi connectivity index (χ3n) is 7.72. The molecule has 2 aromatic carbocycles. The fourth-order valence-corrected chi connectivity index (χ4v) is 6.96. The number of amides is 1. The Labute approximate surface area is 225 Å². The molecule has 0 radical (unpaired) electrons. The van der Waals surface area contributed by atoms with E-state index >= 15 is 0 Å². The van der Waals surface area contributed by atoms with Gasteiger partial charge < -0.3 is 14.4 Å². The molecule has 0 aromatic heterocycles. The number of aryl methyl sites for hydroxylation is 1. The zero-order chi connectivity index (χ0) is 26.8. The summed E-state index contributed by atoms with van der Waals surface area (Å²) in [5.74, 6) is 0.357. The van der Waals surface area contributed by atoms with E-state index in [1.807, 2.05) is 6.07 Å². The van der Waals surface area contributed by atoms with Gasteiger partial charge in [-0.15, -0.1) is 0 Å². The van der Waals surface area contributed by atoms with Crippen molar-refractivity contribution in [1.82, 2.24) is 4.72 Å². The van der Waals surface area contributed by atoms with Crippen molar-refractivity contribution in [3.05, 3.63) is 52.5 Å². The predicted octanol–water partition coefficient (Wildman–Crippen LogP) is 5.09. The summed E-state index contributed by atoms with van der Waals surface area (Å²) in [4.78, 5) is 13.9. The summed E-state index contributed by atoms with van der Waals surface area (Å²) < 4.78 is 39.8. The molecule has 3 atom stereocenters. The number of nitrogens with one attached hydrogen (secondary N) is 1. The Morgan fingerprint density at radius 1 is 1.27 bits per heavy atom. The molecule has 2 unspecified atom stereocenters. The number of sulfonamides is 1. The lowest BCUT2D eigenvalue weighted by Crippen LogP contribution is -2.47. The summed E-state index contributed by atoms with van der Waals surface area (Å²) in [7, 11) is -2.26. The van der Waals surface area contributed by atoms with Crippen molar-refractivity contribution in [3.63, 3.8) is 0 Å². The summed E-state index contributed by atoms with van der Waals surface area (Å²) in [6, 6.07) is 11.0. The highest BCUT2D eigenvalue weighted by Gasteiger charge is 2.42. The average Bonchev–Trinajstić information content (AvgIpc) is 2.99. The molecule has 1 spiro atoms. The van der Waals surface area contributed by atoms with Crippen LogP contribution < -0.4 is 14.4 Å². The number of anilines is 1. The van der Waals surface area contributed by atoms with Gasteiger partial charge in [0.15, 0.2) is 0 Å². The Balaban J connectivity index is 1.79. The fourth-order valence-electron chi connectivity index (χ4n) is 5.76. The fraction of sp³-hybridized carbons (Fsp3) is 0.536. The van der Waals surface area contributed by atoms with Crippen LogP contribution in [0.15, 0.2) is 41.3 Å². The van der Waals surface area contributed by atoms with Crippen LogP contribution in [0.3, 0.4) is 0 Å². The van der Waals surface area contributed by atoms with Crippen molar-refractivity contribution in [1.29, 1.82) is 0 Å². The van der Waals surface area contributed by atoms with Crippen LogP contribution in [0, 0.1) is 5.92 Å². The molecule has 0 bridgehead atoms. The van der Waals surface area contributed by atoms with Crippen LogP contribution in [-0.2, 0) is 31.4 Å². The Bertz CT molecular complexity index is 1250. The molecule has 2 aromatic rings. The Morgan fingerprint density at radius 3 is 2.76 bits per heavy atom. The lowest BCUT2D eigenvalue weighted by molar-refractivity contribution is -0.117. The number of carbonyl (C=O) groups is 1. The summed E-state index contributed by atoms with van der Waals surface area (Å²) in [6.07, 6.45) is 4.94. The molecule has 1 aliphatic carbocycles. The number of nitrogens with zero attached hydrogens (tertiary/aromatic N) is 1. The number of hydrogen-bond donors (Lipinski definition) is 1. The number of benzene rings is 2. The van der Waals surface area contributed by atoms with Crippen LogP contribution in [0.5, 0.6) is 5.75 Å². The number of hydrogen-bond acceptors (Lipinski definition) is 6. The van der Waals surface area contributed by atoms with Gasteiger partial charge in [-0.2, -0.15) is 0 Å². The lowest BCUT2D eigenvalue weighted by atomic mass is 9.70. The van der Waals surface area contributed by atoms with Gasteiger partial charge in [0.05, 0.1) is 23.3 Å². The van der Waals surface area contributed by atoms with Crippen molar-refractivity contribution in [2.45, 2.75) is 69.3 Å². The first kappa shape index (κ1) is 27.7. The number of rotatable bonds is 8. The highest BCUT2D eigenvalue weighted by atomic mass is 35.5. The summed E-state index contributed by atoms with van der Waals surface area (Å²) >= 11 is 6.34. The first-order valence-corrected chi connectivity index (χ1v) is 14.8. The monoisotopic (exact) mass is 548 g/mol. The third kappa shape index (κ3) is 6.07. The molecule has 1 heterocycles. The lowest BCUT2D eigenvalue weighted by Gasteiger charge is -2.41. The van der Waals surface area contributed by atoms with E-state index in [0.717, 1.165) is 49.4 Å². The van der Waals surface area contributed by atoms with Gasteiger partial charge in [-0.05, 0) is 80.0 Å². The molecule has 0 saturated heterocycles. The van der Waals surface area contributed by atoms with Gasteiger partial charge >= 0.3 is 0 Å². The van der Waals surface area contributed by atoms with Crippen molar-refractivity contribution in [3.8, 4) is 5.75 Å². The second kappa shape index (κ2) is 11.2. The molecular formula is C28H37ClN2O5S. The van der Waals surface area contributed by atoms with Gasteiger partial charge in [-0.3, -0.25) is 4.79 Å². The molecule has 4 rings (SSSR count). The van der Waals surface area contributed by atoms with E-state index in [9.17, 15) is 13.2 Å². The first-order valence-electron chi connectivity index (χ1n) is 12.9. The normalized spacial score (nSPS) is 20.8.